The number of hydrogen-bond donors (Lipinski definition) is 0. The van der Waals surface area contributed by atoms with Crippen LogP contribution in [0.25, 0.3) is 0 Å². The van der Waals surface area contributed by atoms with Crippen molar-refractivity contribution in [1.82, 2.24) is 0 Å². The van der Waals surface area contributed by atoms with Gasteiger partial charge in [-0.15, -0.1) is 0 Å². The maximum Gasteiger partial charge on any atom is 0.139 e. The molecule has 0 spiro atoms. The molecule has 0 heterocycles. The van der Waals surface area contributed by atoms with Gasteiger partial charge in [-0.3, -0.25) is 9.59 Å². The zero-order valence-corrected chi connectivity index (χ0v) is 13.5. The van der Waals surface area contributed by atoms with Gasteiger partial charge >= 0.3 is 0 Å². The van der Waals surface area contributed by atoms with Crippen LogP contribution in [-0.4, -0.2) is 11.6 Å². The van der Waals surface area contributed by atoms with Crippen LogP contribution in [0.4, 0.5) is 0 Å². The summed E-state index contributed by atoms with van der Waals surface area (Å²) in [4.78, 5) is 24.2. The summed E-state index contributed by atoms with van der Waals surface area (Å²) in [6, 6.07) is 0. The second kappa shape index (κ2) is 4.43. The van der Waals surface area contributed by atoms with E-state index in [-0.39, 0.29) is 5.41 Å². The van der Waals surface area contributed by atoms with Gasteiger partial charge in [-0.1, -0.05) is 13.8 Å². The van der Waals surface area contributed by atoms with E-state index in [9.17, 15) is 9.59 Å². The van der Waals surface area contributed by atoms with E-state index in [2.05, 4.69) is 13.8 Å². The third-order valence-corrected chi connectivity index (χ3v) is 8.19. The lowest BCUT2D eigenvalue weighted by Crippen LogP contribution is -2.53. The molecule has 2 nitrogen and oxygen atoms in total. The van der Waals surface area contributed by atoms with Crippen molar-refractivity contribution in [3.05, 3.63) is 0 Å². The molecule has 0 aliphatic heterocycles. The van der Waals surface area contributed by atoms with E-state index >= 15 is 0 Å². The minimum Gasteiger partial charge on any atom is -0.300 e. The van der Waals surface area contributed by atoms with Gasteiger partial charge in [0.15, 0.2) is 0 Å². The van der Waals surface area contributed by atoms with Crippen LogP contribution in [0.3, 0.4) is 0 Å². The fraction of sp³-hybridized carbons (Fsp3) is 0.895. The fourth-order valence-corrected chi connectivity index (χ4v) is 6.82. The predicted molar refractivity (Wildman–Crippen MR) is 81.7 cm³/mol. The Bertz CT molecular complexity index is 496. The molecule has 0 aromatic heterocycles. The van der Waals surface area contributed by atoms with Crippen LogP contribution >= 0.6 is 0 Å². The smallest absolute Gasteiger partial charge is 0.139 e. The largest absolute Gasteiger partial charge is 0.300 e. The van der Waals surface area contributed by atoms with Crippen LogP contribution in [0.5, 0.6) is 0 Å². The summed E-state index contributed by atoms with van der Waals surface area (Å²) in [6.45, 7) is 4.72. The van der Waals surface area contributed by atoms with E-state index in [4.69, 9.17) is 0 Å². The first-order valence-corrected chi connectivity index (χ1v) is 9.00. The highest BCUT2D eigenvalue weighted by Gasteiger charge is 2.60. The molecule has 0 aromatic rings. The van der Waals surface area contributed by atoms with Gasteiger partial charge in [0.25, 0.3) is 0 Å². The number of ketones is 2. The minimum absolute atomic E-state index is 0.00511. The molecule has 0 N–H and O–H groups in total. The molecule has 0 saturated heterocycles. The van der Waals surface area contributed by atoms with Gasteiger partial charge in [0.05, 0.1) is 0 Å². The molecule has 2 heteroatoms. The van der Waals surface area contributed by atoms with E-state index < -0.39 is 0 Å². The molecule has 0 radical (unpaired) electrons. The summed E-state index contributed by atoms with van der Waals surface area (Å²) in [6.07, 6.45) is 9.53. The molecule has 116 valence electrons. The van der Waals surface area contributed by atoms with Gasteiger partial charge in [0, 0.05) is 24.7 Å². The maximum atomic E-state index is 12.4. The Balaban J connectivity index is 1.65. The van der Waals surface area contributed by atoms with Crippen LogP contribution in [-0.2, 0) is 9.59 Å². The second-order valence-electron chi connectivity index (χ2n) is 8.82. The zero-order chi connectivity index (χ0) is 14.8. The molecule has 4 saturated carbocycles. The lowest BCUT2D eigenvalue weighted by molar-refractivity contribution is -0.144. The van der Waals surface area contributed by atoms with Crippen molar-refractivity contribution in [3.63, 3.8) is 0 Å². The summed E-state index contributed by atoms with van der Waals surface area (Å²) < 4.78 is 0. The van der Waals surface area contributed by atoms with Crippen molar-refractivity contribution in [2.75, 3.05) is 0 Å². The van der Waals surface area contributed by atoms with E-state index in [1.165, 1.54) is 19.3 Å². The number of fused-ring (bicyclic) bond motifs is 5. The van der Waals surface area contributed by atoms with Crippen LogP contribution in [0.15, 0.2) is 0 Å². The van der Waals surface area contributed by atoms with Crippen LogP contribution < -0.4 is 0 Å². The molecule has 21 heavy (non-hydrogen) atoms. The first-order valence-electron chi connectivity index (χ1n) is 9.00. The van der Waals surface area contributed by atoms with Crippen LogP contribution in [0.1, 0.15) is 71.6 Å². The highest BCUT2D eigenvalue weighted by molar-refractivity contribution is 5.87. The first-order chi connectivity index (χ1) is 9.95. The molecule has 4 fully saturated rings. The van der Waals surface area contributed by atoms with Gasteiger partial charge in [0.2, 0.25) is 0 Å². The summed E-state index contributed by atoms with van der Waals surface area (Å²) in [5.74, 6) is 3.82. The molecule has 4 aliphatic carbocycles. The molecule has 4 rings (SSSR count). The van der Waals surface area contributed by atoms with Crippen molar-refractivity contribution in [3.8, 4) is 0 Å². The standard InChI is InChI=1S/C19H28O2/c1-18-9-7-13(20)11-12(18)3-4-14-15-5-6-17(21)19(15,2)10-8-16(14)18/h12,14-16H,3-11H2,1-2H3/t12?,14-,15-,16+,18-,19-/m0/s1. The highest BCUT2D eigenvalue weighted by Crippen LogP contribution is 2.65. The topological polar surface area (TPSA) is 34.1 Å². The summed E-state index contributed by atoms with van der Waals surface area (Å²) >= 11 is 0. The molecular formula is C19H28O2. The van der Waals surface area contributed by atoms with Crippen LogP contribution in [0, 0.1) is 34.5 Å². The summed E-state index contributed by atoms with van der Waals surface area (Å²) in [5.41, 5.74) is 0.374. The van der Waals surface area contributed by atoms with Crippen molar-refractivity contribution < 1.29 is 9.59 Å². The third-order valence-electron chi connectivity index (χ3n) is 8.19. The number of carbonyl (C=O) groups excluding carboxylic acids is 2. The predicted octanol–water partition coefficient (Wildman–Crippen LogP) is 4.17. The summed E-state index contributed by atoms with van der Waals surface area (Å²) in [5, 5.41) is 0. The van der Waals surface area contributed by atoms with Gasteiger partial charge in [-0.05, 0) is 67.6 Å². The summed E-state index contributed by atoms with van der Waals surface area (Å²) in [7, 11) is 0. The van der Waals surface area contributed by atoms with E-state index in [1.807, 2.05) is 0 Å². The average molecular weight is 288 g/mol. The van der Waals surface area contributed by atoms with Crippen molar-refractivity contribution >= 4 is 11.6 Å². The second-order valence-corrected chi connectivity index (χ2v) is 8.82. The molecule has 0 amide bonds. The Labute approximate surface area is 128 Å². The minimum atomic E-state index is -0.00511. The van der Waals surface area contributed by atoms with Crippen LogP contribution in [0.2, 0.25) is 0 Å². The Morgan fingerprint density at radius 3 is 2.52 bits per heavy atom. The molecular weight excluding hydrogens is 260 g/mol. The monoisotopic (exact) mass is 288 g/mol. The van der Waals surface area contributed by atoms with Crippen molar-refractivity contribution in [1.29, 1.82) is 0 Å². The molecule has 4 aliphatic rings. The number of hydrogen-bond acceptors (Lipinski definition) is 2. The lowest BCUT2D eigenvalue weighted by atomic mass is 9.45. The van der Waals surface area contributed by atoms with E-state index in [1.54, 1.807) is 0 Å². The maximum absolute atomic E-state index is 12.4. The Kier molecular flexibility index (Phi) is 2.94. The third kappa shape index (κ3) is 1.77. The normalized spacial score (nSPS) is 53.0. The SMILES string of the molecule is C[C@]12CCC(=O)CC1CC[C@@H]1[C@H]2CC[C@]2(C)C(=O)CC[C@@H]12. The number of Topliss-reactive ketones (excluding diaryl/α,β-unsaturated/α-hetero) is 2. The molecule has 1 unspecified atom stereocenters. The Morgan fingerprint density at radius 1 is 0.905 bits per heavy atom. The van der Waals surface area contributed by atoms with Gasteiger partial charge in [0.1, 0.15) is 11.6 Å². The van der Waals surface area contributed by atoms with Crippen molar-refractivity contribution in [2.24, 2.45) is 34.5 Å². The Morgan fingerprint density at radius 2 is 1.71 bits per heavy atom. The van der Waals surface area contributed by atoms with Gasteiger partial charge in [-0.2, -0.15) is 0 Å². The first kappa shape index (κ1) is 14.0. The number of rotatable bonds is 0. The quantitative estimate of drug-likeness (QED) is 0.670. The Hall–Kier alpha value is -0.660. The number of carbonyl (C=O) groups is 2. The van der Waals surface area contributed by atoms with E-state index in [0.29, 0.717) is 28.8 Å². The molecule has 0 aromatic carbocycles. The molecule has 0 bridgehead atoms. The molecule has 6 atom stereocenters. The van der Waals surface area contributed by atoms with Gasteiger partial charge < -0.3 is 0 Å². The van der Waals surface area contributed by atoms with Crippen molar-refractivity contribution in [2.45, 2.75) is 71.6 Å². The average Bonchev–Trinajstić information content (AvgIpc) is 2.76. The zero-order valence-electron chi connectivity index (χ0n) is 13.5. The van der Waals surface area contributed by atoms with Gasteiger partial charge in [-0.25, -0.2) is 0 Å². The fourth-order valence-electron chi connectivity index (χ4n) is 6.82. The van der Waals surface area contributed by atoms with E-state index in [0.717, 1.165) is 50.4 Å². The lowest BCUT2D eigenvalue weighted by Gasteiger charge is -2.59. The highest BCUT2D eigenvalue weighted by atomic mass is 16.1.